The third kappa shape index (κ3) is 4.76. The number of aromatic nitrogens is 8. The normalized spacial score (nSPS) is 11.1. The van der Waals surface area contributed by atoms with Crippen molar-refractivity contribution in [3.05, 3.63) is 84.3 Å². The molecule has 8 nitrogen and oxygen atoms in total. The highest BCUT2D eigenvalue weighted by Crippen LogP contribution is 2.28. The lowest BCUT2D eigenvalue weighted by atomic mass is 10.0. The van der Waals surface area contributed by atoms with E-state index in [1.165, 1.54) is 12.8 Å². The van der Waals surface area contributed by atoms with Gasteiger partial charge in [-0.1, -0.05) is 74.4 Å². The minimum absolute atomic E-state index is 0.597. The summed E-state index contributed by atoms with van der Waals surface area (Å²) in [6.45, 7) is 2.89. The summed E-state index contributed by atoms with van der Waals surface area (Å²) in [5.74, 6) is 2.41. The summed E-state index contributed by atoms with van der Waals surface area (Å²) in [4.78, 5) is 9.44. The highest BCUT2D eigenvalue weighted by Gasteiger charge is 2.14. The van der Waals surface area contributed by atoms with Crippen LogP contribution in [0.1, 0.15) is 37.6 Å². The first kappa shape index (κ1) is 21.6. The molecule has 0 radical (unpaired) electrons. The highest BCUT2D eigenvalue weighted by molar-refractivity contribution is 5.76. The van der Waals surface area contributed by atoms with E-state index in [0.717, 1.165) is 52.4 Å². The molecule has 1 N–H and O–H groups in total. The zero-order valence-corrected chi connectivity index (χ0v) is 19.1. The van der Waals surface area contributed by atoms with Crippen molar-refractivity contribution in [2.75, 3.05) is 0 Å². The van der Waals surface area contributed by atoms with E-state index in [9.17, 15) is 0 Å². The predicted molar refractivity (Wildman–Crippen MR) is 131 cm³/mol. The largest absolute Gasteiger partial charge is 0.255 e. The van der Waals surface area contributed by atoms with Crippen LogP contribution in [0, 0.1) is 0 Å². The first-order valence-corrected chi connectivity index (χ1v) is 11.6. The van der Waals surface area contributed by atoms with Crippen molar-refractivity contribution in [2.24, 2.45) is 0 Å². The molecule has 0 aliphatic rings. The first-order valence-electron chi connectivity index (χ1n) is 11.6. The molecule has 34 heavy (non-hydrogen) atoms. The molecule has 0 saturated heterocycles. The molecule has 0 aliphatic carbocycles. The van der Waals surface area contributed by atoms with E-state index in [0.29, 0.717) is 12.4 Å². The number of tetrazole rings is 1. The zero-order chi connectivity index (χ0) is 23.2. The SMILES string of the molecule is CCCCCc1nc(-c2ccccc2)nn1Cc1ccc(-c2ncccc2-c2nnn[nH]2)cc1. The van der Waals surface area contributed by atoms with Gasteiger partial charge in [0.25, 0.3) is 0 Å². The average molecular weight is 451 g/mol. The van der Waals surface area contributed by atoms with Crippen molar-refractivity contribution < 1.29 is 0 Å². The van der Waals surface area contributed by atoms with Gasteiger partial charge in [-0.3, -0.25) is 4.98 Å². The van der Waals surface area contributed by atoms with Gasteiger partial charge in [-0.15, -0.1) is 5.10 Å². The van der Waals surface area contributed by atoms with Crippen molar-refractivity contribution >= 4 is 0 Å². The first-order chi connectivity index (χ1) is 16.8. The summed E-state index contributed by atoms with van der Waals surface area (Å²) in [5.41, 5.74) is 4.89. The van der Waals surface area contributed by atoms with Crippen LogP contribution in [0.4, 0.5) is 0 Å². The molecule has 0 saturated carbocycles. The Morgan fingerprint density at radius 2 is 1.74 bits per heavy atom. The van der Waals surface area contributed by atoms with Crippen LogP contribution >= 0.6 is 0 Å². The maximum atomic E-state index is 4.87. The van der Waals surface area contributed by atoms with Gasteiger partial charge in [0.2, 0.25) is 0 Å². The standard InChI is InChI=1S/C26H26N8/c1-2-3-5-12-23-28-25(21-9-6-4-7-10-21)31-34(23)18-19-13-15-20(16-14-19)24-22(11-8-17-27-24)26-29-32-33-30-26/h4,6-11,13-17H,2-3,5,12,18H2,1H3,(H,29,30,32,33). The lowest BCUT2D eigenvalue weighted by Gasteiger charge is -2.09. The maximum absolute atomic E-state index is 4.87. The number of nitrogens with zero attached hydrogens (tertiary/aromatic N) is 7. The summed E-state index contributed by atoms with van der Waals surface area (Å²) < 4.78 is 2.04. The fourth-order valence-electron chi connectivity index (χ4n) is 3.97. The Labute approximate surface area is 198 Å². The van der Waals surface area contributed by atoms with Gasteiger partial charge in [-0.2, -0.15) is 5.10 Å². The van der Waals surface area contributed by atoms with Gasteiger partial charge in [0.15, 0.2) is 11.6 Å². The molecule has 170 valence electrons. The molecule has 0 unspecified atom stereocenters. The molecule has 3 aromatic heterocycles. The second kappa shape index (κ2) is 10.2. The van der Waals surface area contributed by atoms with Gasteiger partial charge in [0, 0.05) is 29.3 Å². The van der Waals surface area contributed by atoms with Gasteiger partial charge in [-0.05, 0) is 34.5 Å². The van der Waals surface area contributed by atoms with Gasteiger partial charge in [0.1, 0.15) is 5.82 Å². The van der Waals surface area contributed by atoms with E-state index in [1.807, 2.05) is 35.0 Å². The number of rotatable bonds is 9. The van der Waals surface area contributed by atoms with Crippen LogP contribution in [0.5, 0.6) is 0 Å². The van der Waals surface area contributed by atoms with Gasteiger partial charge in [-0.25, -0.2) is 14.8 Å². The number of H-pyrrole nitrogens is 1. The topological polar surface area (TPSA) is 98.1 Å². The summed E-state index contributed by atoms with van der Waals surface area (Å²) in [6.07, 6.45) is 6.19. The van der Waals surface area contributed by atoms with Crippen molar-refractivity contribution in [3.8, 4) is 34.0 Å². The average Bonchev–Trinajstić information content (AvgIpc) is 3.56. The van der Waals surface area contributed by atoms with Crippen LogP contribution in [-0.2, 0) is 13.0 Å². The molecule has 0 bridgehead atoms. The van der Waals surface area contributed by atoms with Crippen LogP contribution in [0.25, 0.3) is 34.0 Å². The van der Waals surface area contributed by atoms with E-state index >= 15 is 0 Å². The van der Waals surface area contributed by atoms with E-state index in [-0.39, 0.29) is 0 Å². The molecular weight excluding hydrogens is 424 g/mol. The summed E-state index contributed by atoms with van der Waals surface area (Å²) in [7, 11) is 0. The Kier molecular flexibility index (Phi) is 6.47. The number of hydrogen-bond donors (Lipinski definition) is 1. The smallest absolute Gasteiger partial charge is 0.181 e. The van der Waals surface area contributed by atoms with Crippen molar-refractivity contribution in [2.45, 2.75) is 39.2 Å². The lowest BCUT2D eigenvalue weighted by molar-refractivity contribution is 0.607. The molecule has 5 rings (SSSR count). The molecule has 8 heteroatoms. The summed E-state index contributed by atoms with van der Waals surface area (Å²) >= 11 is 0. The van der Waals surface area contributed by atoms with Crippen molar-refractivity contribution in [1.29, 1.82) is 0 Å². The molecule has 5 aromatic rings. The number of aryl methyl sites for hydroxylation is 1. The number of unbranched alkanes of at least 4 members (excludes halogenated alkanes) is 2. The number of aromatic amines is 1. The van der Waals surface area contributed by atoms with Crippen LogP contribution in [0.15, 0.2) is 72.9 Å². The Hall–Kier alpha value is -4.20. The van der Waals surface area contributed by atoms with E-state index < -0.39 is 0 Å². The summed E-state index contributed by atoms with van der Waals surface area (Å²) in [6, 6.07) is 22.4. The van der Waals surface area contributed by atoms with Crippen LogP contribution in [0.3, 0.4) is 0 Å². The number of benzene rings is 2. The van der Waals surface area contributed by atoms with E-state index in [4.69, 9.17) is 10.1 Å². The third-order valence-corrected chi connectivity index (χ3v) is 5.75. The fraction of sp³-hybridized carbons (Fsp3) is 0.231. The Morgan fingerprint density at radius 1 is 0.882 bits per heavy atom. The molecule has 3 heterocycles. The van der Waals surface area contributed by atoms with Crippen LogP contribution < -0.4 is 0 Å². The molecule has 0 aliphatic heterocycles. The molecular formula is C26H26N8. The fourth-order valence-corrected chi connectivity index (χ4v) is 3.97. The molecule has 0 spiro atoms. The van der Waals surface area contributed by atoms with Crippen molar-refractivity contribution in [1.82, 2.24) is 40.4 Å². The van der Waals surface area contributed by atoms with Gasteiger partial charge >= 0.3 is 0 Å². The second-order valence-corrected chi connectivity index (χ2v) is 8.18. The Morgan fingerprint density at radius 3 is 2.50 bits per heavy atom. The van der Waals surface area contributed by atoms with Gasteiger partial charge < -0.3 is 0 Å². The number of pyridine rings is 1. The number of hydrogen-bond acceptors (Lipinski definition) is 6. The Balaban J connectivity index is 1.40. The minimum atomic E-state index is 0.597. The Bertz CT molecular complexity index is 1330. The third-order valence-electron chi connectivity index (χ3n) is 5.75. The van der Waals surface area contributed by atoms with E-state index in [1.54, 1.807) is 6.20 Å². The molecule has 0 atom stereocenters. The lowest BCUT2D eigenvalue weighted by Crippen LogP contribution is -2.07. The van der Waals surface area contributed by atoms with E-state index in [2.05, 4.69) is 68.9 Å². The molecule has 2 aromatic carbocycles. The number of nitrogens with one attached hydrogen (secondary N) is 1. The van der Waals surface area contributed by atoms with Crippen LogP contribution in [0.2, 0.25) is 0 Å². The minimum Gasteiger partial charge on any atom is -0.255 e. The molecule has 0 amide bonds. The molecule has 0 fully saturated rings. The second-order valence-electron chi connectivity index (χ2n) is 8.18. The predicted octanol–water partition coefficient (Wildman–Crippen LogP) is 4.97. The zero-order valence-electron chi connectivity index (χ0n) is 19.1. The maximum Gasteiger partial charge on any atom is 0.181 e. The van der Waals surface area contributed by atoms with Crippen LogP contribution in [-0.4, -0.2) is 40.4 Å². The highest BCUT2D eigenvalue weighted by atomic mass is 15.5. The van der Waals surface area contributed by atoms with Gasteiger partial charge in [0.05, 0.1) is 12.2 Å². The quantitative estimate of drug-likeness (QED) is 0.319. The van der Waals surface area contributed by atoms with Crippen molar-refractivity contribution in [3.63, 3.8) is 0 Å². The summed E-state index contributed by atoms with van der Waals surface area (Å²) in [5, 5.41) is 19.1. The monoisotopic (exact) mass is 450 g/mol.